The highest BCUT2D eigenvalue weighted by molar-refractivity contribution is 6.30. The fraction of sp³-hybridized carbons (Fsp3) is 0.625. The summed E-state index contributed by atoms with van der Waals surface area (Å²) in [6.45, 7) is 6.39. The molecule has 0 amide bonds. The molecule has 0 bridgehead atoms. The Labute approximate surface area is 122 Å². The van der Waals surface area contributed by atoms with Crippen LogP contribution in [0.2, 0.25) is 5.02 Å². The van der Waals surface area contributed by atoms with E-state index in [1.165, 1.54) is 5.56 Å². The molecule has 0 saturated heterocycles. The van der Waals surface area contributed by atoms with Crippen molar-refractivity contribution in [2.45, 2.75) is 39.2 Å². The smallest absolute Gasteiger partial charge is 0.0465 e. The summed E-state index contributed by atoms with van der Waals surface area (Å²) < 4.78 is 5.19. The molecule has 3 heteroatoms. The number of hydrogen-bond donors (Lipinski definition) is 1. The molecule has 0 saturated carbocycles. The molecule has 1 N–H and O–H groups in total. The number of benzene rings is 1. The van der Waals surface area contributed by atoms with E-state index in [1.54, 1.807) is 7.11 Å². The number of nitrogens with one attached hydrogen (secondary N) is 1. The van der Waals surface area contributed by atoms with Crippen LogP contribution in [0.4, 0.5) is 0 Å². The Morgan fingerprint density at radius 3 is 2.53 bits per heavy atom. The standard InChI is InChI=1S/C16H26ClNO/c1-4-10-18-16(13(2)9-11-19-3)12-14-5-7-15(17)8-6-14/h5-8,13,16,18H,4,9-12H2,1-3H3. The first-order valence-electron chi connectivity index (χ1n) is 7.14. The zero-order valence-corrected chi connectivity index (χ0v) is 13.0. The molecule has 2 unspecified atom stereocenters. The van der Waals surface area contributed by atoms with Crippen molar-refractivity contribution >= 4 is 11.6 Å². The minimum Gasteiger partial charge on any atom is -0.385 e. The molecular weight excluding hydrogens is 258 g/mol. The van der Waals surface area contributed by atoms with E-state index < -0.39 is 0 Å². The third-order valence-electron chi connectivity index (χ3n) is 3.49. The van der Waals surface area contributed by atoms with Gasteiger partial charge in [0.2, 0.25) is 0 Å². The first kappa shape index (κ1) is 16.5. The lowest BCUT2D eigenvalue weighted by atomic mass is 9.92. The van der Waals surface area contributed by atoms with Gasteiger partial charge in [-0.25, -0.2) is 0 Å². The topological polar surface area (TPSA) is 21.3 Å². The van der Waals surface area contributed by atoms with E-state index in [-0.39, 0.29) is 0 Å². The van der Waals surface area contributed by atoms with E-state index in [2.05, 4.69) is 31.3 Å². The summed E-state index contributed by atoms with van der Waals surface area (Å²) in [5.41, 5.74) is 1.34. The van der Waals surface area contributed by atoms with Gasteiger partial charge >= 0.3 is 0 Å². The fourth-order valence-electron chi connectivity index (χ4n) is 2.18. The largest absolute Gasteiger partial charge is 0.385 e. The molecule has 0 aliphatic carbocycles. The first-order valence-corrected chi connectivity index (χ1v) is 7.52. The number of halogens is 1. The summed E-state index contributed by atoms with van der Waals surface area (Å²) in [5.74, 6) is 0.599. The Balaban J connectivity index is 2.59. The molecule has 0 aromatic heterocycles. The minimum absolute atomic E-state index is 0.497. The minimum atomic E-state index is 0.497. The van der Waals surface area contributed by atoms with E-state index in [4.69, 9.17) is 16.3 Å². The van der Waals surface area contributed by atoms with Crippen molar-refractivity contribution in [3.05, 3.63) is 34.9 Å². The van der Waals surface area contributed by atoms with Crippen LogP contribution in [0, 0.1) is 5.92 Å². The Morgan fingerprint density at radius 1 is 1.26 bits per heavy atom. The number of hydrogen-bond acceptors (Lipinski definition) is 2. The van der Waals surface area contributed by atoms with Crippen LogP contribution in [0.3, 0.4) is 0 Å². The average Bonchev–Trinajstić information content (AvgIpc) is 2.42. The summed E-state index contributed by atoms with van der Waals surface area (Å²) in [6, 6.07) is 8.66. The van der Waals surface area contributed by atoms with Crippen LogP contribution in [-0.2, 0) is 11.2 Å². The maximum absolute atomic E-state index is 5.93. The highest BCUT2D eigenvalue weighted by Crippen LogP contribution is 2.16. The van der Waals surface area contributed by atoms with Crippen LogP contribution in [0.15, 0.2) is 24.3 Å². The van der Waals surface area contributed by atoms with Crippen molar-refractivity contribution in [3.8, 4) is 0 Å². The average molecular weight is 284 g/mol. The molecule has 1 aromatic rings. The lowest BCUT2D eigenvalue weighted by Crippen LogP contribution is -2.37. The van der Waals surface area contributed by atoms with Crippen LogP contribution < -0.4 is 5.32 Å². The second-order valence-corrected chi connectivity index (χ2v) is 5.59. The first-order chi connectivity index (χ1) is 9.17. The van der Waals surface area contributed by atoms with Gasteiger partial charge in [0.1, 0.15) is 0 Å². The molecule has 0 aliphatic rings. The van der Waals surface area contributed by atoms with Crippen LogP contribution >= 0.6 is 11.6 Å². The molecule has 19 heavy (non-hydrogen) atoms. The maximum atomic E-state index is 5.93. The molecule has 1 aromatic carbocycles. The van der Waals surface area contributed by atoms with Crippen LogP contribution in [0.5, 0.6) is 0 Å². The molecule has 0 fully saturated rings. The van der Waals surface area contributed by atoms with E-state index in [0.29, 0.717) is 12.0 Å². The van der Waals surface area contributed by atoms with Gasteiger partial charge in [0.25, 0.3) is 0 Å². The van der Waals surface area contributed by atoms with E-state index >= 15 is 0 Å². The second kappa shape index (κ2) is 9.35. The molecule has 0 heterocycles. The zero-order chi connectivity index (χ0) is 14.1. The second-order valence-electron chi connectivity index (χ2n) is 5.15. The van der Waals surface area contributed by atoms with Crippen LogP contribution in [0.1, 0.15) is 32.3 Å². The lowest BCUT2D eigenvalue weighted by molar-refractivity contribution is 0.170. The highest BCUT2D eigenvalue weighted by atomic mass is 35.5. The number of rotatable bonds is 9. The van der Waals surface area contributed by atoms with Gasteiger partial charge in [-0.15, -0.1) is 0 Å². The van der Waals surface area contributed by atoms with Gasteiger partial charge in [0, 0.05) is 24.8 Å². The molecule has 0 radical (unpaired) electrons. The van der Waals surface area contributed by atoms with Crippen molar-refractivity contribution in [2.75, 3.05) is 20.3 Å². The maximum Gasteiger partial charge on any atom is 0.0465 e. The molecule has 2 atom stereocenters. The number of methoxy groups -OCH3 is 1. The van der Waals surface area contributed by atoms with Gasteiger partial charge in [-0.3, -0.25) is 0 Å². The third kappa shape index (κ3) is 6.42. The molecule has 1 rings (SSSR count). The highest BCUT2D eigenvalue weighted by Gasteiger charge is 2.16. The summed E-state index contributed by atoms with van der Waals surface area (Å²) in [4.78, 5) is 0. The van der Waals surface area contributed by atoms with Gasteiger partial charge in [0.15, 0.2) is 0 Å². The predicted octanol–water partition coefficient (Wildman–Crippen LogP) is 3.92. The summed E-state index contributed by atoms with van der Waals surface area (Å²) in [6.07, 6.45) is 3.29. The van der Waals surface area contributed by atoms with E-state index in [9.17, 15) is 0 Å². The van der Waals surface area contributed by atoms with Gasteiger partial charge in [-0.05, 0) is 49.4 Å². The lowest BCUT2D eigenvalue weighted by Gasteiger charge is -2.25. The van der Waals surface area contributed by atoms with Crippen molar-refractivity contribution in [1.29, 1.82) is 0 Å². The van der Waals surface area contributed by atoms with Gasteiger partial charge < -0.3 is 10.1 Å². The van der Waals surface area contributed by atoms with Crippen molar-refractivity contribution < 1.29 is 4.74 Å². The Bertz CT molecular complexity index is 339. The zero-order valence-electron chi connectivity index (χ0n) is 12.3. The van der Waals surface area contributed by atoms with Gasteiger partial charge in [-0.2, -0.15) is 0 Å². The summed E-state index contributed by atoms with van der Waals surface area (Å²) in [5, 5.41) is 4.45. The fourth-order valence-corrected chi connectivity index (χ4v) is 2.31. The van der Waals surface area contributed by atoms with Gasteiger partial charge in [0.05, 0.1) is 0 Å². The molecule has 0 aliphatic heterocycles. The van der Waals surface area contributed by atoms with Crippen molar-refractivity contribution in [2.24, 2.45) is 5.92 Å². The Hall–Kier alpha value is -0.570. The van der Waals surface area contributed by atoms with Crippen molar-refractivity contribution in [1.82, 2.24) is 5.32 Å². The van der Waals surface area contributed by atoms with Gasteiger partial charge in [-0.1, -0.05) is 37.6 Å². The Kier molecular flexibility index (Phi) is 8.11. The molecular formula is C16H26ClNO. The number of ether oxygens (including phenoxy) is 1. The summed E-state index contributed by atoms with van der Waals surface area (Å²) in [7, 11) is 1.76. The van der Waals surface area contributed by atoms with Crippen LogP contribution in [-0.4, -0.2) is 26.3 Å². The monoisotopic (exact) mass is 283 g/mol. The van der Waals surface area contributed by atoms with Crippen LogP contribution in [0.25, 0.3) is 0 Å². The Morgan fingerprint density at radius 2 is 1.95 bits per heavy atom. The third-order valence-corrected chi connectivity index (χ3v) is 3.74. The molecule has 0 spiro atoms. The molecule has 108 valence electrons. The normalized spacial score (nSPS) is 14.3. The van der Waals surface area contributed by atoms with E-state index in [0.717, 1.165) is 37.4 Å². The van der Waals surface area contributed by atoms with E-state index in [1.807, 2.05) is 12.1 Å². The summed E-state index contributed by atoms with van der Waals surface area (Å²) >= 11 is 5.93. The SMILES string of the molecule is CCCNC(Cc1ccc(Cl)cc1)C(C)CCOC. The molecule has 2 nitrogen and oxygen atoms in total. The predicted molar refractivity (Wildman–Crippen MR) is 82.9 cm³/mol. The quantitative estimate of drug-likeness (QED) is 0.742. The van der Waals surface area contributed by atoms with Crippen molar-refractivity contribution in [3.63, 3.8) is 0 Å².